The van der Waals surface area contributed by atoms with Crippen LogP contribution in [0.5, 0.6) is 0 Å². The van der Waals surface area contributed by atoms with E-state index in [2.05, 4.69) is 0 Å². The van der Waals surface area contributed by atoms with Crippen LogP contribution in [0.25, 0.3) is 0 Å². The molecule has 0 unspecified atom stereocenters. The third-order valence-corrected chi connectivity index (χ3v) is 3.28. The zero-order valence-corrected chi connectivity index (χ0v) is 14.4. The van der Waals surface area contributed by atoms with E-state index in [1.165, 1.54) is 0 Å². The molecule has 8 nitrogen and oxygen atoms in total. The Labute approximate surface area is 143 Å². The highest BCUT2D eigenvalue weighted by molar-refractivity contribution is 5.66. The number of carbonyl (C=O) groups is 2. The number of hydrogen-bond acceptors (Lipinski definition) is 6. The van der Waals surface area contributed by atoms with Gasteiger partial charge in [0.25, 0.3) is 0 Å². The van der Waals surface area contributed by atoms with Gasteiger partial charge in [-0.3, -0.25) is 14.5 Å². The highest BCUT2D eigenvalue weighted by Gasteiger charge is 2.00. The third-order valence-electron chi connectivity index (χ3n) is 3.28. The first-order chi connectivity index (χ1) is 11.5. The fraction of sp³-hybridized carbons (Fsp3) is 0.875. The maximum absolute atomic E-state index is 10.1. The number of aliphatic hydroxyl groups is 3. The summed E-state index contributed by atoms with van der Waals surface area (Å²) in [4.78, 5) is 22.1. The largest absolute Gasteiger partial charge is 0.481 e. The van der Waals surface area contributed by atoms with Gasteiger partial charge in [0.15, 0.2) is 0 Å². The van der Waals surface area contributed by atoms with Crippen LogP contribution in [0, 0.1) is 0 Å². The first-order valence-electron chi connectivity index (χ1n) is 8.46. The molecular weight excluding hydrogens is 318 g/mol. The Hall–Kier alpha value is -1.22. The fourth-order valence-electron chi connectivity index (χ4n) is 2.02. The molecule has 0 saturated carbocycles. The normalized spacial score (nSPS) is 10.3. The molecule has 0 rings (SSSR count). The molecule has 0 aromatic carbocycles. The van der Waals surface area contributed by atoms with Crippen LogP contribution in [0.3, 0.4) is 0 Å². The van der Waals surface area contributed by atoms with Gasteiger partial charge < -0.3 is 25.5 Å². The Morgan fingerprint density at radius 1 is 0.583 bits per heavy atom. The molecule has 0 spiro atoms. The van der Waals surface area contributed by atoms with E-state index in [-0.39, 0.29) is 32.7 Å². The van der Waals surface area contributed by atoms with Gasteiger partial charge in [0.2, 0.25) is 0 Å². The summed E-state index contributed by atoms with van der Waals surface area (Å²) in [6.45, 7) is 1.75. The number of nitrogens with zero attached hydrogens (tertiary/aromatic N) is 1. The summed E-state index contributed by atoms with van der Waals surface area (Å²) in [5.74, 6) is -1.48. The summed E-state index contributed by atoms with van der Waals surface area (Å²) in [6.07, 6.45) is 5.82. The van der Waals surface area contributed by atoms with Crippen LogP contribution in [0.2, 0.25) is 0 Å². The van der Waals surface area contributed by atoms with Crippen molar-refractivity contribution in [3.63, 3.8) is 0 Å². The summed E-state index contributed by atoms with van der Waals surface area (Å²) in [5, 5.41) is 42.2. The first kappa shape index (κ1) is 25.0. The number of aliphatic hydroxyl groups excluding tert-OH is 3. The molecule has 0 fully saturated rings. The minimum Gasteiger partial charge on any atom is -0.481 e. The highest BCUT2D eigenvalue weighted by Crippen LogP contribution is 2.08. The van der Waals surface area contributed by atoms with Crippen molar-refractivity contribution in [2.75, 3.05) is 39.5 Å². The minimum absolute atomic E-state index is 0.0694. The number of aliphatic carboxylic acids is 2. The van der Waals surface area contributed by atoms with Crippen molar-refractivity contribution in [2.45, 2.75) is 51.4 Å². The Bertz CT molecular complexity index is 266. The topological polar surface area (TPSA) is 139 Å². The summed E-state index contributed by atoms with van der Waals surface area (Å²) in [7, 11) is 0. The van der Waals surface area contributed by atoms with Gasteiger partial charge in [-0.25, -0.2) is 0 Å². The average Bonchev–Trinajstić information content (AvgIpc) is 2.51. The van der Waals surface area contributed by atoms with Crippen LogP contribution in [0.15, 0.2) is 0 Å². The zero-order valence-electron chi connectivity index (χ0n) is 14.4. The molecule has 0 aromatic rings. The van der Waals surface area contributed by atoms with Crippen LogP contribution in [0.4, 0.5) is 0 Å². The molecule has 0 radical (unpaired) electrons. The van der Waals surface area contributed by atoms with Gasteiger partial charge in [0.05, 0.1) is 19.8 Å². The number of hydrogen-bond donors (Lipinski definition) is 5. The molecule has 0 aliphatic heterocycles. The van der Waals surface area contributed by atoms with E-state index in [0.717, 1.165) is 38.5 Å². The molecule has 0 bridgehead atoms. The lowest BCUT2D eigenvalue weighted by Crippen LogP contribution is -2.32. The zero-order chi connectivity index (χ0) is 18.6. The van der Waals surface area contributed by atoms with Gasteiger partial charge in [-0.2, -0.15) is 0 Å². The monoisotopic (exact) mass is 351 g/mol. The number of carboxylic acids is 2. The van der Waals surface area contributed by atoms with Gasteiger partial charge in [0, 0.05) is 32.5 Å². The van der Waals surface area contributed by atoms with Gasteiger partial charge in [0.1, 0.15) is 0 Å². The van der Waals surface area contributed by atoms with E-state index in [9.17, 15) is 9.59 Å². The molecule has 0 aliphatic carbocycles. The Morgan fingerprint density at radius 2 is 0.875 bits per heavy atom. The summed E-state index contributed by atoms with van der Waals surface area (Å²) in [6, 6.07) is 0. The van der Waals surface area contributed by atoms with Crippen molar-refractivity contribution in [3.05, 3.63) is 0 Å². The van der Waals surface area contributed by atoms with Crippen LogP contribution >= 0.6 is 0 Å². The number of unbranched alkanes of at least 4 members (excludes halogenated alkanes) is 5. The average molecular weight is 351 g/mol. The predicted molar refractivity (Wildman–Crippen MR) is 89.9 cm³/mol. The molecule has 0 atom stereocenters. The molecule has 0 heterocycles. The molecule has 0 aliphatic rings. The van der Waals surface area contributed by atoms with E-state index < -0.39 is 11.9 Å². The summed E-state index contributed by atoms with van der Waals surface area (Å²) in [5.41, 5.74) is 0. The van der Waals surface area contributed by atoms with E-state index in [1.807, 2.05) is 0 Å². The minimum atomic E-state index is -0.740. The lowest BCUT2D eigenvalue weighted by atomic mass is 10.1. The molecule has 8 heteroatoms. The van der Waals surface area contributed by atoms with Gasteiger partial charge in [-0.15, -0.1) is 0 Å². The van der Waals surface area contributed by atoms with E-state index >= 15 is 0 Å². The second-order valence-corrected chi connectivity index (χ2v) is 5.42. The maximum atomic E-state index is 10.1. The van der Waals surface area contributed by atoms with Crippen LogP contribution in [-0.2, 0) is 9.59 Å². The van der Waals surface area contributed by atoms with Gasteiger partial charge >= 0.3 is 11.9 Å². The van der Waals surface area contributed by atoms with E-state index in [0.29, 0.717) is 19.6 Å². The quantitative estimate of drug-likeness (QED) is 0.269. The summed E-state index contributed by atoms with van der Waals surface area (Å²) < 4.78 is 0. The Kier molecular flexibility index (Phi) is 20.7. The lowest BCUT2D eigenvalue weighted by molar-refractivity contribution is -0.138. The molecule has 0 amide bonds. The molecule has 24 heavy (non-hydrogen) atoms. The molecular formula is C16H33NO7. The Balaban J connectivity index is 0. The molecule has 144 valence electrons. The summed E-state index contributed by atoms with van der Waals surface area (Å²) >= 11 is 0. The third kappa shape index (κ3) is 23.1. The standard InChI is InChI=1S/C10H18O4.C6H15NO3/c11-9(12)7-5-3-1-2-4-6-8-10(13)14;8-4-1-7(2-5-9)3-6-10/h1-8H2,(H,11,12)(H,13,14);8-10H,1-6H2. The van der Waals surface area contributed by atoms with Crippen molar-refractivity contribution < 1.29 is 35.1 Å². The highest BCUT2D eigenvalue weighted by atomic mass is 16.4. The van der Waals surface area contributed by atoms with Crippen LogP contribution in [0.1, 0.15) is 51.4 Å². The lowest BCUT2D eigenvalue weighted by Gasteiger charge is -2.17. The Morgan fingerprint density at radius 3 is 1.12 bits per heavy atom. The van der Waals surface area contributed by atoms with E-state index in [1.54, 1.807) is 4.90 Å². The predicted octanol–water partition coefficient (Wildman–Crippen LogP) is 0.542. The van der Waals surface area contributed by atoms with Crippen molar-refractivity contribution >= 4 is 11.9 Å². The first-order valence-corrected chi connectivity index (χ1v) is 8.46. The van der Waals surface area contributed by atoms with Crippen molar-refractivity contribution in [1.29, 1.82) is 0 Å². The molecule has 5 N–H and O–H groups in total. The number of carboxylic acid groups (broad SMARTS) is 2. The molecule has 0 saturated heterocycles. The van der Waals surface area contributed by atoms with Crippen molar-refractivity contribution in [3.8, 4) is 0 Å². The maximum Gasteiger partial charge on any atom is 0.303 e. The smallest absolute Gasteiger partial charge is 0.303 e. The SMILES string of the molecule is O=C(O)CCCCCCCCC(=O)O.OCCN(CCO)CCO. The molecule has 0 aromatic heterocycles. The van der Waals surface area contributed by atoms with E-state index in [4.69, 9.17) is 25.5 Å². The number of rotatable bonds is 15. The second kappa shape index (κ2) is 19.8. The van der Waals surface area contributed by atoms with Crippen LogP contribution < -0.4 is 0 Å². The van der Waals surface area contributed by atoms with Gasteiger partial charge in [-0.1, -0.05) is 25.7 Å². The second-order valence-electron chi connectivity index (χ2n) is 5.42. The van der Waals surface area contributed by atoms with Crippen molar-refractivity contribution in [1.82, 2.24) is 4.90 Å². The van der Waals surface area contributed by atoms with Gasteiger partial charge in [-0.05, 0) is 12.8 Å². The fourth-order valence-corrected chi connectivity index (χ4v) is 2.02. The van der Waals surface area contributed by atoms with Crippen LogP contribution in [-0.4, -0.2) is 81.8 Å². The van der Waals surface area contributed by atoms with Crippen molar-refractivity contribution in [2.24, 2.45) is 0 Å².